The Kier molecular flexibility index (Phi) is 13.7. The van der Waals surface area contributed by atoms with Gasteiger partial charge < -0.3 is 20.1 Å². The van der Waals surface area contributed by atoms with Crippen LogP contribution in [0, 0.1) is 11.8 Å². The summed E-state index contributed by atoms with van der Waals surface area (Å²) in [7, 11) is 0. The van der Waals surface area contributed by atoms with Gasteiger partial charge in [0.2, 0.25) is 0 Å². The van der Waals surface area contributed by atoms with Gasteiger partial charge in [-0.2, -0.15) is 0 Å². The Labute approximate surface area is 183 Å². The summed E-state index contributed by atoms with van der Waals surface area (Å²) >= 11 is 0. The minimum absolute atomic E-state index is 0. The molecule has 0 spiro atoms. The molecule has 2 unspecified atom stereocenters. The van der Waals surface area contributed by atoms with Crippen molar-refractivity contribution in [1.29, 1.82) is 0 Å². The Morgan fingerprint density at radius 1 is 1.26 bits per heavy atom. The molecule has 0 aromatic rings. The summed E-state index contributed by atoms with van der Waals surface area (Å²) in [6, 6.07) is 0.546. The molecule has 0 radical (unpaired) electrons. The fourth-order valence-electron chi connectivity index (χ4n) is 3.69. The average Bonchev–Trinajstić information content (AvgIpc) is 3.31. The van der Waals surface area contributed by atoms with Crippen LogP contribution in [0.3, 0.4) is 0 Å². The average molecular weight is 496 g/mol. The molecular formula is C20H41IN4O2. The van der Waals surface area contributed by atoms with Crippen LogP contribution in [0.1, 0.15) is 46.5 Å². The molecule has 7 heteroatoms. The number of aliphatic imine (C=N–C) groups is 1. The van der Waals surface area contributed by atoms with E-state index in [1.54, 1.807) is 0 Å². The van der Waals surface area contributed by atoms with Gasteiger partial charge in [0, 0.05) is 38.3 Å². The summed E-state index contributed by atoms with van der Waals surface area (Å²) in [4.78, 5) is 7.47. The van der Waals surface area contributed by atoms with Crippen molar-refractivity contribution in [3.05, 3.63) is 0 Å². The first-order chi connectivity index (χ1) is 12.7. The summed E-state index contributed by atoms with van der Waals surface area (Å²) in [6.07, 6.45) is 4.80. The van der Waals surface area contributed by atoms with Gasteiger partial charge in [0.15, 0.2) is 5.96 Å². The Balaban J connectivity index is 0.00000364. The number of nitrogens with zero attached hydrogens (tertiary/aromatic N) is 2. The molecule has 0 bridgehead atoms. The van der Waals surface area contributed by atoms with E-state index < -0.39 is 0 Å². The van der Waals surface area contributed by atoms with Crippen LogP contribution in [0.15, 0.2) is 4.99 Å². The van der Waals surface area contributed by atoms with Crippen LogP contribution < -0.4 is 10.6 Å². The third kappa shape index (κ3) is 9.76. The third-order valence-electron chi connectivity index (χ3n) is 5.30. The van der Waals surface area contributed by atoms with E-state index in [0.717, 1.165) is 64.9 Å². The second-order valence-electron chi connectivity index (χ2n) is 7.86. The number of ether oxygens (including phenoxy) is 2. The summed E-state index contributed by atoms with van der Waals surface area (Å²) < 4.78 is 11.1. The molecule has 27 heavy (non-hydrogen) atoms. The predicted molar refractivity (Wildman–Crippen MR) is 123 cm³/mol. The fraction of sp³-hybridized carbons (Fsp3) is 0.950. The molecule has 0 amide bonds. The van der Waals surface area contributed by atoms with Crippen molar-refractivity contribution in [2.75, 3.05) is 59.2 Å². The van der Waals surface area contributed by atoms with E-state index in [4.69, 9.17) is 14.5 Å². The lowest BCUT2D eigenvalue weighted by Gasteiger charge is -2.29. The van der Waals surface area contributed by atoms with Crippen molar-refractivity contribution in [3.8, 4) is 0 Å². The van der Waals surface area contributed by atoms with Gasteiger partial charge in [0.25, 0.3) is 0 Å². The molecule has 2 atom stereocenters. The first-order valence-corrected chi connectivity index (χ1v) is 10.6. The summed E-state index contributed by atoms with van der Waals surface area (Å²) in [5.41, 5.74) is 0. The van der Waals surface area contributed by atoms with Crippen LogP contribution in [0.5, 0.6) is 0 Å². The molecule has 160 valence electrons. The minimum atomic E-state index is 0. The maximum atomic E-state index is 5.77. The first kappa shape index (κ1) is 24.9. The number of halogens is 1. The van der Waals surface area contributed by atoms with E-state index >= 15 is 0 Å². The first-order valence-electron chi connectivity index (χ1n) is 10.6. The molecule has 2 N–H and O–H groups in total. The monoisotopic (exact) mass is 496 g/mol. The van der Waals surface area contributed by atoms with Crippen molar-refractivity contribution in [3.63, 3.8) is 0 Å². The van der Waals surface area contributed by atoms with E-state index in [0.29, 0.717) is 17.9 Å². The van der Waals surface area contributed by atoms with Gasteiger partial charge in [-0.05, 0) is 51.6 Å². The van der Waals surface area contributed by atoms with Gasteiger partial charge in [-0.15, -0.1) is 24.0 Å². The predicted octanol–water partition coefficient (Wildman–Crippen LogP) is 2.72. The third-order valence-corrected chi connectivity index (χ3v) is 5.30. The molecule has 6 nitrogen and oxygen atoms in total. The molecule has 2 saturated heterocycles. The highest BCUT2D eigenvalue weighted by Gasteiger charge is 2.24. The van der Waals surface area contributed by atoms with Crippen LogP contribution in [0.4, 0.5) is 0 Å². The molecule has 2 rings (SSSR count). The van der Waals surface area contributed by atoms with Crippen molar-refractivity contribution in [2.45, 2.75) is 52.5 Å². The van der Waals surface area contributed by atoms with Crippen molar-refractivity contribution in [2.24, 2.45) is 16.8 Å². The van der Waals surface area contributed by atoms with Gasteiger partial charge in [-0.3, -0.25) is 9.89 Å². The molecule has 2 fully saturated rings. The molecule has 2 heterocycles. The van der Waals surface area contributed by atoms with E-state index in [-0.39, 0.29) is 24.0 Å². The Bertz CT molecular complexity index is 397. The number of likely N-dealkylation sites (tertiary alicyclic amines) is 1. The van der Waals surface area contributed by atoms with Crippen molar-refractivity contribution >= 4 is 29.9 Å². The van der Waals surface area contributed by atoms with Crippen molar-refractivity contribution in [1.82, 2.24) is 15.5 Å². The van der Waals surface area contributed by atoms with Crippen LogP contribution >= 0.6 is 24.0 Å². The number of guanidine groups is 1. The molecule has 2 aliphatic heterocycles. The highest BCUT2D eigenvalue weighted by molar-refractivity contribution is 14.0. The van der Waals surface area contributed by atoms with E-state index in [2.05, 4.69) is 36.3 Å². The number of nitrogens with one attached hydrogen (secondary N) is 2. The number of hydrogen-bond acceptors (Lipinski definition) is 4. The van der Waals surface area contributed by atoms with Crippen LogP contribution in [0.25, 0.3) is 0 Å². The maximum absolute atomic E-state index is 5.77. The zero-order valence-electron chi connectivity index (χ0n) is 17.5. The smallest absolute Gasteiger partial charge is 0.191 e. The molecule has 2 aliphatic rings. The maximum Gasteiger partial charge on any atom is 0.191 e. The van der Waals surface area contributed by atoms with Crippen LogP contribution in [-0.2, 0) is 9.47 Å². The van der Waals surface area contributed by atoms with Gasteiger partial charge in [-0.1, -0.05) is 13.8 Å². The zero-order valence-corrected chi connectivity index (χ0v) is 19.9. The van der Waals surface area contributed by atoms with Gasteiger partial charge in [0.05, 0.1) is 19.8 Å². The fourth-order valence-corrected chi connectivity index (χ4v) is 3.69. The summed E-state index contributed by atoms with van der Waals surface area (Å²) in [5, 5.41) is 6.82. The van der Waals surface area contributed by atoms with E-state index in [9.17, 15) is 0 Å². The molecular weight excluding hydrogens is 455 g/mol. The Hall–Kier alpha value is -0.120. The molecule has 0 aliphatic carbocycles. The van der Waals surface area contributed by atoms with E-state index in [1.807, 2.05) is 0 Å². The molecule has 0 aromatic heterocycles. The highest BCUT2D eigenvalue weighted by atomic mass is 127. The Morgan fingerprint density at radius 3 is 2.67 bits per heavy atom. The number of hydrogen-bond donors (Lipinski definition) is 2. The Morgan fingerprint density at radius 2 is 2.04 bits per heavy atom. The van der Waals surface area contributed by atoms with Gasteiger partial charge in [-0.25, -0.2) is 0 Å². The molecule has 0 aromatic carbocycles. The second-order valence-corrected chi connectivity index (χ2v) is 7.86. The molecule has 0 saturated carbocycles. The SMILES string of the molecule is CCNC(=NCC(C(C)C)N1CCCC1)NCCCOCC1CCOC1.I. The largest absolute Gasteiger partial charge is 0.381 e. The van der Waals surface area contributed by atoms with E-state index in [1.165, 1.54) is 25.9 Å². The van der Waals surface area contributed by atoms with Gasteiger partial charge in [0.1, 0.15) is 0 Å². The second kappa shape index (κ2) is 14.8. The summed E-state index contributed by atoms with van der Waals surface area (Å²) in [6.45, 7) is 15.2. The standard InChI is InChI=1S/C20H40N4O2.HI/c1-4-21-20(22-9-7-12-25-15-18-8-13-26-16-18)23-14-19(17(2)3)24-10-5-6-11-24;/h17-19H,4-16H2,1-3H3,(H2,21,22,23);1H. The lowest BCUT2D eigenvalue weighted by atomic mass is 10.0. The van der Waals surface area contributed by atoms with Crippen LogP contribution in [-0.4, -0.2) is 76.1 Å². The number of rotatable bonds is 11. The van der Waals surface area contributed by atoms with Gasteiger partial charge >= 0.3 is 0 Å². The van der Waals surface area contributed by atoms with Crippen LogP contribution in [0.2, 0.25) is 0 Å². The normalized spacial score (nSPS) is 22.1. The zero-order chi connectivity index (χ0) is 18.6. The summed E-state index contributed by atoms with van der Waals surface area (Å²) in [5.74, 6) is 2.16. The van der Waals surface area contributed by atoms with Crippen molar-refractivity contribution < 1.29 is 9.47 Å². The highest BCUT2D eigenvalue weighted by Crippen LogP contribution is 2.18. The lowest BCUT2D eigenvalue weighted by molar-refractivity contribution is 0.0888. The topological polar surface area (TPSA) is 58.1 Å². The lowest BCUT2D eigenvalue weighted by Crippen LogP contribution is -2.42. The minimum Gasteiger partial charge on any atom is -0.381 e. The quantitative estimate of drug-likeness (QED) is 0.200.